The molecule has 0 spiro atoms. The third-order valence-corrected chi connectivity index (χ3v) is 1.98. The molecule has 0 fully saturated rings. The minimum absolute atomic E-state index is 0.397. The third kappa shape index (κ3) is 2.60. The minimum atomic E-state index is 0.397. The molecule has 0 saturated carbocycles. The van der Waals surface area contributed by atoms with Gasteiger partial charge >= 0.3 is 0 Å². The van der Waals surface area contributed by atoms with Crippen LogP contribution in [0.25, 0.3) is 0 Å². The lowest BCUT2D eigenvalue weighted by Gasteiger charge is -2.07. The van der Waals surface area contributed by atoms with E-state index in [9.17, 15) is 0 Å². The van der Waals surface area contributed by atoms with Crippen LogP contribution in [-0.4, -0.2) is 16.3 Å². The number of hydrogen-bond acceptors (Lipinski definition) is 2. The molecule has 0 saturated heterocycles. The molecule has 0 aromatic carbocycles. The van der Waals surface area contributed by atoms with Crippen molar-refractivity contribution in [2.75, 3.05) is 6.54 Å². The van der Waals surface area contributed by atoms with Gasteiger partial charge in [0.05, 0.1) is 18.3 Å². The predicted molar refractivity (Wildman–Crippen MR) is 53.2 cm³/mol. The van der Waals surface area contributed by atoms with Gasteiger partial charge in [-0.2, -0.15) is 5.10 Å². The highest BCUT2D eigenvalue weighted by molar-refractivity contribution is 5.29. The number of hydrogen-bond donors (Lipinski definition) is 1. The lowest BCUT2D eigenvalue weighted by atomic mass is 10.3. The summed E-state index contributed by atoms with van der Waals surface area (Å²) >= 11 is 0. The number of rotatable bonds is 2. The summed E-state index contributed by atoms with van der Waals surface area (Å²) in [6, 6.07) is 0.438. The van der Waals surface area contributed by atoms with Gasteiger partial charge in [0.2, 0.25) is 0 Å². The second-order valence-corrected chi connectivity index (χ2v) is 2.97. The monoisotopic (exact) mass is 177 g/mol. The van der Waals surface area contributed by atoms with Crippen LogP contribution in [0.1, 0.15) is 31.9 Å². The van der Waals surface area contributed by atoms with Gasteiger partial charge in [0.15, 0.2) is 0 Å². The Morgan fingerprint density at radius 3 is 3.08 bits per heavy atom. The van der Waals surface area contributed by atoms with Crippen molar-refractivity contribution in [3.8, 4) is 11.8 Å². The first-order chi connectivity index (χ1) is 6.27. The molecule has 0 amide bonds. The second kappa shape index (κ2) is 4.68. The van der Waals surface area contributed by atoms with E-state index in [1.807, 2.05) is 10.9 Å². The fourth-order valence-corrected chi connectivity index (χ4v) is 0.984. The van der Waals surface area contributed by atoms with Crippen LogP contribution in [0, 0.1) is 11.8 Å². The van der Waals surface area contributed by atoms with E-state index in [4.69, 9.17) is 5.73 Å². The zero-order valence-electron chi connectivity index (χ0n) is 8.12. The Bertz CT molecular complexity index is 316. The van der Waals surface area contributed by atoms with E-state index in [0.29, 0.717) is 12.6 Å². The molecule has 0 aliphatic heterocycles. The average molecular weight is 177 g/mol. The van der Waals surface area contributed by atoms with Crippen molar-refractivity contribution in [2.45, 2.75) is 26.3 Å². The van der Waals surface area contributed by atoms with Crippen molar-refractivity contribution in [3.63, 3.8) is 0 Å². The fourth-order valence-electron chi connectivity index (χ4n) is 0.984. The molecule has 0 bridgehead atoms. The van der Waals surface area contributed by atoms with Crippen molar-refractivity contribution < 1.29 is 0 Å². The van der Waals surface area contributed by atoms with Crippen molar-refractivity contribution >= 4 is 0 Å². The average Bonchev–Trinajstić information content (AvgIpc) is 2.62. The molecule has 70 valence electrons. The van der Waals surface area contributed by atoms with E-state index in [1.165, 1.54) is 0 Å². The molecule has 1 heterocycles. The molecule has 13 heavy (non-hydrogen) atoms. The summed E-state index contributed by atoms with van der Waals surface area (Å²) in [5, 5.41) is 4.21. The van der Waals surface area contributed by atoms with Crippen LogP contribution < -0.4 is 5.73 Å². The topological polar surface area (TPSA) is 43.8 Å². The Labute approximate surface area is 78.9 Å². The maximum absolute atomic E-state index is 5.27. The van der Waals surface area contributed by atoms with E-state index in [1.54, 1.807) is 6.20 Å². The molecule has 0 aliphatic rings. The number of nitrogens with zero attached hydrogens (tertiary/aromatic N) is 2. The Kier molecular flexibility index (Phi) is 3.53. The number of nitrogens with two attached hydrogens (primary N) is 1. The largest absolute Gasteiger partial charge is 0.320 e. The molecule has 3 heteroatoms. The summed E-state index contributed by atoms with van der Waals surface area (Å²) in [7, 11) is 0. The van der Waals surface area contributed by atoms with Crippen molar-refractivity contribution in [1.29, 1.82) is 0 Å². The van der Waals surface area contributed by atoms with Gasteiger partial charge in [-0.05, 0) is 13.3 Å². The molecule has 2 N–H and O–H groups in total. The molecular weight excluding hydrogens is 162 g/mol. The highest BCUT2D eigenvalue weighted by Gasteiger charge is 2.01. The molecule has 1 atom stereocenters. The normalized spacial score (nSPS) is 11.9. The Morgan fingerprint density at radius 2 is 2.46 bits per heavy atom. The first-order valence-corrected chi connectivity index (χ1v) is 4.51. The highest BCUT2D eigenvalue weighted by Crippen LogP contribution is 2.08. The summed E-state index contributed by atoms with van der Waals surface area (Å²) in [4.78, 5) is 0. The standard InChI is InChI=1S/C10H15N3/c1-3-9(2)13-8-10(7-12-13)5-4-6-11/h7-9H,3,6,11H2,1-2H3/t9-/m1/s1. The van der Waals surface area contributed by atoms with Gasteiger partial charge in [0.25, 0.3) is 0 Å². The van der Waals surface area contributed by atoms with Crippen molar-refractivity contribution in [1.82, 2.24) is 9.78 Å². The quantitative estimate of drug-likeness (QED) is 0.689. The van der Waals surface area contributed by atoms with Gasteiger partial charge in [-0.1, -0.05) is 18.8 Å². The van der Waals surface area contributed by atoms with Crippen LogP contribution in [0.3, 0.4) is 0 Å². The van der Waals surface area contributed by atoms with E-state index >= 15 is 0 Å². The summed E-state index contributed by atoms with van der Waals surface area (Å²) < 4.78 is 1.93. The Hall–Kier alpha value is -1.27. The molecule has 0 radical (unpaired) electrons. The van der Waals surface area contributed by atoms with Gasteiger partial charge < -0.3 is 5.73 Å². The lowest BCUT2D eigenvalue weighted by molar-refractivity contribution is 0.478. The van der Waals surface area contributed by atoms with Crippen LogP contribution in [0.4, 0.5) is 0 Å². The highest BCUT2D eigenvalue weighted by atomic mass is 15.3. The van der Waals surface area contributed by atoms with Crippen LogP contribution in [0.2, 0.25) is 0 Å². The molecule has 1 rings (SSSR count). The van der Waals surface area contributed by atoms with Gasteiger partial charge in [-0.3, -0.25) is 4.68 Å². The zero-order chi connectivity index (χ0) is 9.68. The maximum atomic E-state index is 5.27. The minimum Gasteiger partial charge on any atom is -0.320 e. The van der Waals surface area contributed by atoms with Crippen molar-refractivity contribution in [3.05, 3.63) is 18.0 Å². The summed E-state index contributed by atoms with van der Waals surface area (Å²) in [5.74, 6) is 5.74. The molecule has 0 unspecified atom stereocenters. The van der Waals surface area contributed by atoms with E-state index in [-0.39, 0.29) is 0 Å². The summed E-state index contributed by atoms with van der Waals surface area (Å²) in [6.07, 6.45) is 4.80. The molecule has 3 nitrogen and oxygen atoms in total. The van der Waals surface area contributed by atoms with E-state index in [0.717, 1.165) is 12.0 Å². The van der Waals surface area contributed by atoms with Crippen molar-refractivity contribution in [2.24, 2.45) is 5.73 Å². The van der Waals surface area contributed by atoms with Gasteiger partial charge in [-0.15, -0.1) is 0 Å². The van der Waals surface area contributed by atoms with Crippen LogP contribution in [-0.2, 0) is 0 Å². The molecule has 1 aromatic rings. The van der Waals surface area contributed by atoms with Crippen LogP contribution in [0.15, 0.2) is 12.4 Å². The van der Waals surface area contributed by atoms with Crippen LogP contribution >= 0.6 is 0 Å². The SMILES string of the molecule is CC[C@@H](C)n1cc(C#CCN)cn1. The lowest BCUT2D eigenvalue weighted by Crippen LogP contribution is -2.03. The maximum Gasteiger partial charge on any atom is 0.0646 e. The summed E-state index contributed by atoms with van der Waals surface area (Å²) in [5.41, 5.74) is 6.20. The molecule has 1 aromatic heterocycles. The zero-order valence-corrected chi connectivity index (χ0v) is 8.12. The second-order valence-electron chi connectivity index (χ2n) is 2.97. The first kappa shape index (κ1) is 9.82. The Morgan fingerprint density at radius 1 is 1.69 bits per heavy atom. The van der Waals surface area contributed by atoms with Gasteiger partial charge in [0, 0.05) is 12.2 Å². The smallest absolute Gasteiger partial charge is 0.0646 e. The molecule has 0 aliphatic carbocycles. The fraction of sp³-hybridized carbons (Fsp3) is 0.500. The third-order valence-electron chi connectivity index (χ3n) is 1.98. The molecular formula is C10H15N3. The Balaban J connectivity index is 2.74. The van der Waals surface area contributed by atoms with Gasteiger partial charge in [-0.25, -0.2) is 0 Å². The van der Waals surface area contributed by atoms with E-state index in [2.05, 4.69) is 30.8 Å². The van der Waals surface area contributed by atoms with Gasteiger partial charge in [0.1, 0.15) is 0 Å². The number of aromatic nitrogens is 2. The predicted octanol–water partition coefficient (Wildman–Crippen LogP) is 1.16. The first-order valence-electron chi connectivity index (χ1n) is 4.51. The van der Waals surface area contributed by atoms with E-state index < -0.39 is 0 Å². The van der Waals surface area contributed by atoms with Crippen LogP contribution in [0.5, 0.6) is 0 Å². The summed E-state index contributed by atoms with van der Waals surface area (Å²) in [6.45, 7) is 4.67.